The van der Waals surface area contributed by atoms with Crippen LogP contribution in [0.3, 0.4) is 0 Å². The lowest BCUT2D eigenvalue weighted by molar-refractivity contribution is 0.102. The smallest absolute Gasteiger partial charge is 0.255 e. The number of hydrogen-bond donors (Lipinski definition) is 1. The van der Waals surface area contributed by atoms with E-state index in [1.54, 1.807) is 54.6 Å². The van der Waals surface area contributed by atoms with Crippen LogP contribution in [0, 0.1) is 0 Å². The van der Waals surface area contributed by atoms with E-state index in [1.165, 1.54) is 0 Å². The molecule has 32 heavy (non-hydrogen) atoms. The number of carbonyl (C=O) groups excluding carboxylic acids is 1. The van der Waals surface area contributed by atoms with Crippen LogP contribution in [0.2, 0.25) is 0 Å². The highest BCUT2D eigenvalue weighted by Gasteiger charge is 2.17. The Bertz CT molecular complexity index is 1170. The molecular formula is C25H26N2O3S2. The predicted molar refractivity (Wildman–Crippen MR) is 131 cm³/mol. The van der Waals surface area contributed by atoms with E-state index in [1.807, 2.05) is 36.0 Å². The van der Waals surface area contributed by atoms with Crippen LogP contribution < -0.4 is 5.32 Å². The molecule has 4 rings (SSSR count). The average molecular weight is 467 g/mol. The third-order valence-electron chi connectivity index (χ3n) is 5.41. The SMILES string of the molecule is O=C(Nc1ccccc1CN1CCSCC1)c1cccc(CS(=O)(=O)c2ccccc2)c1. The highest BCUT2D eigenvalue weighted by molar-refractivity contribution is 7.99. The van der Waals surface area contributed by atoms with Crippen LogP contribution in [0.15, 0.2) is 83.8 Å². The number of rotatable bonds is 7. The Labute approximate surface area is 193 Å². The van der Waals surface area contributed by atoms with E-state index < -0.39 is 9.84 Å². The lowest BCUT2D eigenvalue weighted by Gasteiger charge is -2.27. The summed E-state index contributed by atoms with van der Waals surface area (Å²) in [6.07, 6.45) is 0. The monoisotopic (exact) mass is 466 g/mol. The normalized spacial score (nSPS) is 14.8. The van der Waals surface area contributed by atoms with Gasteiger partial charge in [-0.1, -0.05) is 48.5 Å². The van der Waals surface area contributed by atoms with Gasteiger partial charge in [0.2, 0.25) is 0 Å². The zero-order valence-electron chi connectivity index (χ0n) is 17.7. The lowest BCUT2D eigenvalue weighted by Crippen LogP contribution is -2.32. The van der Waals surface area contributed by atoms with Gasteiger partial charge in [0.25, 0.3) is 5.91 Å². The molecule has 1 aliphatic rings. The third-order valence-corrected chi connectivity index (χ3v) is 8.06. The standard InChI is InChI=1S/C25H26N2O3S2/c28-25(26-24-12-5-4-8-22(24)18-27-13-15-31-16-14-27)21-9-6-7-20(17-21)19-32(29,30)23-10-2-1-3-11-23/h1-12,17H,13-16,18-19H2,(H,26,28). The zero-order chi connectivity index (χ0) is 22.4. The van der Waals surface area contributed by atoms with Crippen molar-refractivity contribution in [2.45, 2.75) is 17.2 Å². The van der Waals surface area contributed by atoms with Crippen LogP contribution in [-0.2, 0) is 22.1 Å². The Morgan fingerprint density at radius 1 is 0.906 bits per heavy atom. The van der Waals surface area contributed by atoms with Gasteiger partial charge < -0.3 is 5.32 Å². The first-order valence-corrected chi connectivity index (χ1v) is 13.4. The van der Waals surface area contributed by atoms with E-state index in [0.717, 1.165) is 42.4 Å². The lowest BCUT2D eigenvalue weighted by atomic mass is 10.1. The van der Waals surface area contributed by atoms with Crippen LogP contribution in [-0.4, -0.2) is 43.8 Å². The maximum absolute atomic E-state index is 13.0. The van der Waals surface area contributed by atoms with E-state index in [2.05, 4.69) is 10.2 Å². The van der Waals surface area contributed by atoms with E-state index in [0.29, 0.717) is 11.1 Å². The minimum atomic E-state index is -3.48. The van der Waals surface area contributed by atoms with Crippen molar-refractivity contribution in [2.75, 3.05) is 29.9 Å². The van der Waals surface area contributed by atoms with Gasteiger partial charge in [-0.3, -0.25) is 9.69 Å². The van der Waals surface area contributed by atoms with Crippen molar-refractivity contribution in [3.8, 4) is 0 Å². The Balaban J connectivity index is 1.48. The number of hydrogen-bond acceptors (Lipinski definition) is 5. The fraction of sp³-hybridized carbons (Fsp3) is 0.240. The maximum atomic E-state index is 13.0. The Hall–Kier alpha value is -2.61. The van der Waals surface area contributed by atoms with Crippen molar-refractivity contribution in [1.29, 1.82) is 0 Å². The molecule has 1 fully saturated rings. The summed E-state index contributed by atoms with van der Waals surface area (Å²) in [5, 5.41) is 3.02. The van der Waals surface area contributed by atoms with Crippen molar-refractivity contribution in [3.63, 3.8) is 0 Å². The van der Waals surface area contributed by atoms with Crippen LogP contribution >= 0.6 is 11.8 Å². The quantitative estimate of drug-likeness (QED) is 0.557. The van der Waals surface area contributed by atoms with Gasteiger partial charge in [-0.2, -0.15) is 11.8 Å². The Morgan fingerprint density at radius 3 is 2.41 bits per heavy atom. The molecule has 1 amide bonds. The average Bonchev–Trinajstić information content (AvgIpc) is 2.81. The van der Waals surface area contributed by atoms with Crippen LogP contribution in [0.4, 0.5) is 5.69 Å². The van der Waals surface area contributed by atoms with Crippen molar-refractivity contribution < 1.29 is 13.2 Å². The minimum absolute atomic E-state index is 0.151. The summed E-state index contributed by atoms with van der Waals surface area (Å²) in [6.45, 7) is 2.89. The summed E-state index contributed by atoms with van der Waals surface area (Å²) >= 11 is 1.97. The van der Waals surface area contributed by atoms with Crippen LogP contribution in [0.1, 0.15) is 21.5 Å². The van der Waals surface area contributed by atoms with E-state index in [4.69, 9.17) is 0 Å². The first-order chi connectivity index (χ1) is 15.5. The first-order valence-electron chi connectivity index (χ1n) is 10.6. The van der Waals surface area contributed by atoms with Gasteiger partial charge in [0.15, 0.2) is 9.84 Å². The molecule has 1 aliphatic heterocycles. The van der Waals surface area contributed by atoms with Crippen molar-refractivity contribution in [2.24, 2.45) is 0 Å². The summed E-state index contributed by atoms with van der Waals surface area (Å²) in [7, 11) is -3.48. The second-order valence-electron chi connectivity index (χ2n) is 7.77. The molecule has 7 heteroatoms. The molecule has 0 radical (unpaired) electrons. The first kappa shape index (κ1) is 22.6. The molecule has 5 nitrogen and oxygen atoms in total. The van der Waals surface area contributed by atoms with E-state index >= 15 is 0 Å². The molecule has 1 N–H and O–H groups in total. The van der Waals surface area contributed by atoms with Gasteiger partial charge in [-0.05, 0) is 41.5 Å². The molecule has 166 valence electrons. The zero-order valence-corrected chi connectivity index (χ0v) is 19.4. The Kier molecular flexibility index (Phi) is 7.29. The summed E-state index contributed by atoms with van der Waals surface area (Å²) in [4.78, 5) is 15.6. The maximum Gasteiger partial charge on any atom is 0.255 e. The van der Waals surface area contributed by atoms with Gasteiger partial charge in [-0.15, -0.1) is 0 Å². The second kappa shape index (κ2) is 10.3. The van der Waals surface area contributed by atoms with Crippen molar-refractivity contribution >= 4 is 33.2 Å². The molecule has 3 aromatic rings. The van der Waals surface area contributed by atoms with Gasteiger partial charge >= 0.3 is 0 Å². The Morgan fingerprint density at radius 2 is 1.62 bits per heavy atom. The molecule has 0 unspecified atom stereocenters. The van der Waals surface area contributed by atoms with Crippen LogP contribution in [0.5, 0.6) is 0 Å². The van der Waals surface area contributed by atoms with Gasteiger partial charge in [-0.25, -0.2) is 8.42 Å². The number of nitrogens with zero attached hydrogens (tertiary/aromatic N) is 1. The van der Waals surface area contributed by atoms with Crippen molar-refractivity contribution in [1.82, 2.24) is 4.90 Å². The number of para-hydroxylation sites is 1. The molecule has 0 bridgehead atoms. The second-order valence-corrected chi connectivity index (χ2v) is 11.0. The molecule has 3 aromatic carbocycles. The molecular weight excluding hydrogens is 440 g/mol. The third kappa shape index (κ3) is 5.79. The fourth-order valence-electron chi connectivity index (χ4n) is 3.71. The molecule has 0 saturated carbocycles. The fourth-order valence-corrected chi connectivity index (χ4v) is 6.04. The number of carbonyl (C=O) groups is 1. The van der Waals surface area contributed by atoms with Crippen LogP contribution in [0.25, 0.3) is 0 Å². The number of amides is 1. The number of benzene rings is 3. The number of sulfone groups is 1. The van der Waals surface area contributed by atoms with Gasteiger partial charge in [0.1, 0.15) is 0 Å². The molecule has 0 atom stereocenters. The van der Waals surface area contributed by atoms with Crippen molar-refractivity contribution in [3.05, 3.63) is 95.6 Å². The largest absolute Gasteiger partial charge is 0.322 e. The number of nitrogens with one attached hydrogen (secondary N) is 1. The van der Waals surface area contributed by atoms with Gasteiger partial charge in [0.05, 0.1) is 10.6 Å². The highest BCUT2D eigenvalue weighted by atomic mass is 32.2. The van der Waals surface area contributed by atoms with Gasteiger partial charge in [0, 0.05) is 42.4 Å². The topological polar surface area (TPSA) is 66.5 Å². The van der Waals surface area contributed by atoms with E-state index in [-0.39, 0.29) is 16.6 Å². The number of anilines is 1. The summed E-state index contributed by atoms with van der Waals surface area (Å²) in [5.74, 6) is 1.87. The summed E-state index contributed by atoms with van der Waals surface area (Å²) in [6, 6.07) is 23.0. The molecule has 1 saturated heterocycles. The summed E-state index contributed by atoms with van der Waals surface area (Å²) < 4.78 is 25.4. The minimum Gasteiger partial charge on any atom is -0.322 e. The molecule has 0 aromatic heterocycles. The highest BCUT2D eigenvalue weighted by Crippen LogP contribution is 2.21. The number of thioether (sulfide) groups is 1. The molecule has 1 heterocycles. The summed E-state index contributed by atoms with van der Waals surface area (Å²) in [5.41, 5.74) is 2.89. The molecule has 0 aliphatic carbocycles. The van der Waals surface area contributed by atoms with E-state index in [9.17, 15) is 13.2 Å². The molecule has 0 spiro atoms. The predicted octanol–water partition coefficient (Wildman–Crippen LogP) is 4.46.